The summed E-state index contributed by atoms with van der Waals surface area (Å²) in [6, 6.07) is 3.92. The van der Waals surface area contributed by atoms with Crippen LogP contribution in [0.2, 0.25) is 0 Å². The van der Waals surface area contributed by atoms with Crippen LogP contribution in [0.5, 0.6) is 17.2 Å². The molecular formula is C20H30N6O4. The van der Waals surface area contributed by atoms with Crippen molar-refractivity contribution in [2.75, 3.05) is 35.5 Å². The Morgan fingerprint density at radius 1 is 1.13 bits per heavy atom. The van der Waals surface area contributed by atoms with Crippen LogP contribution in [0, 0.1) is 0 Å². The maximum atomic E-state index is 5.50. The molecule has 0 spiro atoms. The van der Waals surface area contributed by atoms with Gasteiger partial charge in [0.1, 0.15) is 18.2 Å². The van der Waals surface area contributed by atoms with Crippen molar-refractivity contribution in [1.82, 2.24) is 25.4 Å². The van der Waals surface area contributed by atoms with Gasteiger partial charge >= 0.3 is 0 Å². The quantitative estimate of drug-likeness (QED) is 0.486. The van der Waals surface area contributed by atoms with E-state index in [1.807, 2.05) is 16.8 Å². The molecule has 1 unspecified atom stereocenters. The largest absolute Gasteiger partial charge is 0.496 e. The highest BCUT2D eigenvalue weighted by atomic mass is 16.5. The van der Waals surface area contributed by atoms with E-state index in [4.69, 9.17) is 18.9 Å². The lowest BCUT2D eigenvalue weighted by Gasteiger charge is -2.25. The zero-order valence-electron chi connectivity index (χ0n) is 18.2. The number of hydrogen-bond acceptors (Lipinski definition) is 7. The van der Waals surface area contributed by atoms with E-state index in [1.165, 1.54) is 0 Å². The van der Waals surface area contributed by atoms with Crippen LogP contribution in [0.15, 0.2) is 17.1 Å². The molecule has 2 aromatic rings. The second-order valence-corrected chi connectivity index (χ2v) is 6.88. The number of fused-ring (bicyclic) bond motifs is 1. The first-order valence-corrected chi connectivity index (χ1v) is 9.79. The van der Waals surface area contributed by atoms with E-state index in [1.54, 1.807) is 35.5 Å². The van der Waals surface area contributed by atoms with Gasteiger partial charge in [-0.1, -0.05) is 0 Å². The van der Waals surface area contributed by atoms with Crippen LogP contribution in [0.3, 0.4) is 0 Å². The number of benzene rings is 1. The number of hydrogen-bond donors (Lipinski definition) is 2. The van der Waals surface area contributed by atoms with Crippen molar-refractivity contribution < 1.29 is 18.9 Å². The molecule has 0 saturated heterocycles. The Labute approximate surface area is 176 Å². The highest BCUT2D eigenvalue weighted by molar-refractivity contribution is 5.80. The third kappa shape index (κ3) is 4.93. The minimum absolute atomic E-state index is 0.202. The van der Waals surface area contributed by atoms with Gasteiger partial charge in [-0.15, -0.1) is 0 Å². The lowest BCUT2D eigenvalue weighted by molar-refractivity contribution is 0.177. The number of nitrogens with zero attached hydrogens (tertiary/aromatic N) is 4. The van der Waals surface area contributed by atoms with Gasteiger partial charge in [-0.2, -0.15) is 5.10 Å². The molecule has 0 radical (unpaired) electrons. The topological polar surface area (TPSA) is 104 Å². The summed E-state index contributed by atoms with van der Waals surface area (Å²) in [5, 5.41) is 11.3. The lowest BCUT2D eigenvalue weighted by Crippen LogP contribution is -2.46. The number of aromatic nitrogens is 3. The molecule has 10 heteroatoms. The van der Waals surface area contributed by atoms with E-state index < -0.39 is 0 Å². The maximum Gasteiger partial charge on any atom is 0.191 e. The molecule has 164 valence electrons. The van der Waals surface area contributed by atoms with Gasteiger partial charge in [0.2, 0.25) is 0 Å². The molecule has 30 heavy (non-hydrogen) atoms. The Kier molecular flexibility index (Phi) is 7.34. The molecule has 0 amide bonds. The van der Waals surface area contributed by atoms with Crippen LogP contribution in [0.25, 0.3) is 0 Å². The third-order valence-electron chi connectivity index (χ3n) is 4.97. The summed E-state index contributed by atoms with van der Waals surface area (Å²) in [4.78, 5) is 8.87. The number of aliphatic imine (C=N–C) groups is 1. The molecule has 2 N–H and O–H groups in total. The zero-order valence-corrected chi connectivity index (χ0v) is 18.2. The highest BCUT2D eigenvalue weighted by Gasteiger charge is 2.22. The lowest BCUT2D eigenvalue weighted by atomic mass is 10.1. The minimum Gasteiger partial charge on any atom is -0.496 e. The predicted octanol–water partition coefficient (Wildman–Crippen LogP) is 1.13. The first-order valence-electron chi connectivity index (χ1n) is 9.79. The SMILES string of the molecule is CN=C(NCc1cc(OC)c(OC)cc1OC)NC1CCc2nc(COC)nn2C1. The van der Waals surface area contributed by atoms with Crippen LogP contribution < -0.4 is 24.8 Å². The number of rotatable bonds is 8. The Morgan fingerprint density at radius 3 is 2.53 bits per heavy atom. The summed E-state index contributed by atoms with van der Waals surface area (Å²) >= 11 is 0. The van der Waals surface area contributed by atoms with Gasteiger partial charge in [0.25, 0.3) is 0 Å². The fourth-order valence-corrected chi connectivity index (χ4v) is 3.47. The number of aryl methyl sites for hydroxylation is 1. The Balaban J connectivity index is 1.63. The standard InChI is InChI=1S/C20H30N6O4/c1-21-20(22-10-13-8-16(29-4)17(30-5)9-15(13)28-3)23-14-6-7-19-24-18(12-27-2)25-26(19)11-14/h8-9,14H,6-7,10-12H2,1-5H3,(H2,21,22,23). The number of guanidine groups is 1. The molecule has 1 atom stereocenters. The summed E-state index contributed by atoms with van der Waals surface area (Å²) < 4.78 is 23.3. The fraction of sp³-hybridized carbons (Fsp3) is 0.550. The number of methoxy groups -OCH3 is 4. The predicted molar refractivity (Wildman–Crippen MR) is 112 cm³/mol. The van der Waals surface area contributed by atoms with Gasteiger partial charge in [0.15, 0.2) is 23.3 Å². The van der Waals surface area contributed by atoms with Crippen molar-refractivity contribution in [3.63, 3.8) is 0 Å². The molecule has 10 nitrogen and oxygen atoms in total. The van der Waals surface area contributed by atoms with Crippen molar-refractivity contribution in [2.24, 2.45) is 4.99 Å². The molecule has 1 aliphatic heterocycles. The van der Waals surface area contributed by atoms with Gasteiger partial charge in [0.05, 0.1) is 27.9 Å². The molecule has 0 fully saturated rings. The first kappa shape index (κ1) is 21.7. The molecule has 3 rings (SSSR count). The van der Waals surface area contributed by atoms with Crippen LogP contribution in [-0.2, 0) is 30.9 Å². The second-order valence-electron chi connectivity index (χ2n) is 6.88. The maximum absolute atomic E-state index is 5.50. The van der Waals surface area contributed by atoms with Crippen LogP contribution >= 0.6 is 0 Å². The van der Waals surface area contributed by atoms with Crippen LogP contribution in [-0.4, -0.2) is 62.3 Å². The van der Waals surface area contributed by atoms with E-state index in [0.717, 1.165) is 36.6 Å². The summed E-state index contributed by atoms with van der Waals surface area (Å²) in [5.74, 6) is 4.41. The number of ether oxygens (including phenoxy) is 4. The average Bonchev–Trinajstić information content (AvgIpc) is 3.17. The monoisotopic (exact) mass is 418 g/mol. The average molecular weight is 418 g/mol. The van der Waals surface area contributed by atoms with Gasteiger partial charge in [-0.25, -0.2) is 9.67 Å². The molecule has 2 heterocycles. The second kappa shape index (κ2) is 10.1. The van der Waals surface area contributed by atoms with E-state index in [0.29, 0.717) is 36.4 Å². The normalized spacial score (nSPS) is 16.0. The van der Waals surface area contributed by atoms with Gasteiger partial charge in [0, 0.05) is 44.8 Å². The molecule has 0 saturated carbocycles. The third-order valence-corrected chi connectivity index (χ3v) is 4.97. The minimum atomic E-state index is 0.202. The smallest absolute Gasteiger partial charge is 0.191 e. The van der Waals surface area contributed by atoms with Crippen molar-refractivity contribution in [3.05, 3.63) is 29.3 Å². The molecular weight excluding hydrogens is 388 g/mol. The molecule has 0 aliphatic carbocycles. The Hall–Kier alpha value is -3.01. The molecule has 1 aromatic carbocycles. The van der Waals surface area contributed by atoms with E-state index in [-0.39, 0.29) is 6.04 Å². The summed E-state index contributed by atoms with van der Waals surface area (Å²) in [5.41, 5.74) is 0.935. The summed E-state index contributed by atoms with van der Waals surface area (Å²) in [6.07, 6.45) is 1.81. The van der Waals surface area contributed by atoms with E-state index >= 15 is 0 Å². The van der Waals surface area contributed by atoms with Gasteiger partial charge in [-0.05, 0) is 12.5 Å². The molecule has 1 aromatic heterocycles. The van der Waals surface area contributed by atoms with E-state index in [9.17, 15) is 0 Å². The molecule has 1 aliphatic rings. The first-order chi connectivity index (χ1) is 14.6. The Morgan fingerprint density at radius 2 is 1.87 bits per heavy atom. The number of nitrogens with one attached hydrogen (secondary N) is 2. The van der Waals surface area contributed by atoms with Crippen molar-refractivity contribution in [1.29, 1.82) is 0 Å². The molecule has 0 bridgehead atoms. The van der Waals surface area contributed by atoms with Gasteiger partial charge in [-0.3, -0.25) is 4.99 Å². The van der Waals surface area contributed by atoms with Gasteiger partial charge < -0.3 is 29.6 Å². The van der Waals surface area contributed by atoms with Crippen LogP contribution in [0.1, 0.15) is 23.6 Å². The summed E-state index contributed by atoms with van der Waals surface area (Å²) in [6.45, 7) is 1.67. The zero-order chi connectivity index (χ0) is 21.5. The van der Waals surface area contributed by atoms with Crippen molar-refractivity contribution >= 4 is 5.96 Å². The Bertz CT molecular complexity index is 882. The highest BCUT2D eigenvalue weighted by Crippen LogP contribution is 2.34. The van der Waals surface area contributed by atoms with Crippen molar-refractivity contribution in [3.8, 4) is 17.2 Å². The van der Waals surface area contributed by atoms with Crippen LogP contribution in [0.4, 0.5) is 0 Å². The summed E-state index contributed by atoms with van der Waals surface area (Å²) in [7, 11) is 8.24. The fourth-order valence-electron chi connectivity index (χ4n) is 3.47. The van der Waals surface area contributed by atoms with E-state index in [2.05, 4.69) is 25.7 Å². The van der Waals surface area contributed by atoms with Crippen molar-refractivity contribution in [2.45, 2.75) is 38.6 Å².